The molecule has 0 aromatic rings. The molecule has 0 atom stereocenters. The van der Waals surface area contributed by atoms with E-state index in [1.807, 2.05) is 11.4 Å². The third-order valence-corrected chi connectivity index (χ3v) is 5.66. The van der Waals surface area contributed by atoms with Gasteiger partial charge in [-0.1, -0.05) is 19.2 Å². The van der Waals surface area contributed by atoms with Crippen molar-refractivity contribution in [1.82, 2.24) is 0 Å². The van der Waals surface area contributed by atoms with E-state index in [1.165, 1.54) is 11.9 Å². The van der Waals surface area contributed by atoms with Crippen LogP contribution in [0.1, 0.15) is 0 Å². The van der Waals surface area contributed by atoms with Crippen LogP contribution in [0.15, 0.2) is 0 Å². The lowest BCUT2D eigenvalue weighted by molar-refractivity contribution is 1.58. The molecule has 0 saturated carbocycles. The van der Waals surface area contributed by atoms with E-state index in [9.17, 15) is 0 Å². The lowest BCUT2D eigenvalue weighted by atomic mass is 11.0. The SMILES string of the molecule is C1CSP=P1. The van der Waals surface area contributed by atoms with Crippen molar-refractivity contribution in [3.05, 3.63) is 0 Å². The van der Waals surface area contributed by atoms with Crippen LogP contribution in [-0.4, -0.2) is 11.9 Å². The van der Waals surface area contributed by atoms with Crippen molar-refractivity contribution in [2.75, 3.05) is 11.9 Å². The molecule has 3 heteroatoms. The monoisotopic (exact) mass is 122 g/mol. The Morgan fingerprint density at radius 3 is 2.80 bits per heavy atom. The summed E-state index contributed by atoms with van der Waals surface area (Å²) in [5.74, 6) is 1.39. The fraction of sp³-hybridized carbons (Fsp3) is 1.00. The third kappa shape index (κ3) is 1.22. The highest BCUT2D eigenvalue weighted by atomic mass is 32.8. The minimum atomic E-state index is 1.39. The van der Waals surface area contributed by atoms with Crippen molar-refractivity contribution in [3.8, 4) is 0 Å². The van der Waals surface area contributed by atoms with Crippen molar-refractivity contribution < 1.29 is 0 Å². The van der Waals surface area contributed by atoms with Gasteiger partial charge in [0.15, 0.2) is 0 Å². The average Bonchev–Trinajstić information content (AvgIpc) is 1.76. The molecule has 1 heterocycles. The maximum absolute atomic E-state index is 2.03. The zero-order valence-corrected chi connectivity index (χ0v) is 5.32. The van der Waals surface area contributed by atoms with Crippen LogP contribution in [0.3, 0.4) is 0 Å². The molecule has 1 rings (SSSR count). The van der Waals surface area contributed by atoms with E-state index in [0.29, 0.717) is 0 Å². The summed E-state index contributed by atoms with van der Waals surface area (Å²) < 4.78 is 0. The second-order valence-electron chi connectivity index (χ2n) is 0.780. The Labute approximate surface area is 38.9 Å². The Balaban J connectivity index is 2.32. The second-order valence-corrected chi connectivity index (χ2v) is 5.92. The molecule has 5 heavy (non-hydrogen) atoms. The summed E-state index contributed by atoms with van der Waals surface area (Å²) in [5.41, 5.74) is 0. The van der Waals surface area contributed by atoms with Gasteiger partial charge in [-0.15, -0.1) is 0 Å². The molecule has 0 fully saturated rings. The maximum Gasteiger partial charge on any atom is 0.0101 e. The normalized spacial score (nSPS) is 27.2. The van der Waals surface area contributed by atoms with E-state index in [0.717, 1.165) is 0 Å². The highest BCUT2D eigenvalue weighted by molar-refractivity contribution is 8.56. The van der Waals surface area contributed by atoms with Crippen molar-refractivity contribution in [1.29, 1.82) is 0 Å². The van der Waals surface area contributed by atoms with Crippen LogP contribution in [0, 0.1) is 0 Å². The molecule has 0 saturated heterocycles. The second kappa shape index (κ2) is 2.18. The quantitative estimate of drug-likeness (QED) is 0.444. The lowest BCUT2D eigenvalue weighted by Gasteiger charge is -1.67. The van der Waals surface area contributed by atoms with Crippen LogP contribution in [0.4, 0.5) is 0 Å². The van der Waals surface area contributed by atoms with E-state index in [2.05, 4.69) is 0 Å². The summed E-state index contributed by atoms with van der Waals surface area (Å²) in [6.07, 6.45) is 1.42. The predicted molar refractivity (Wildman–Crippen MR) is 31.2 cm³/mol. The van der Waals surface area contributed by atoms with Crippen LogP contribution in [0.2, 0.25) is 0 Å². The largest absolute Gasteiger partial charge is 0.0969 e. The maximum atomic E-state index is 2.03. The van der Waals surface area contributed by atoms with E-state index in [-0.39, 0.29) is 0 Å². The van der Waals surface area contributed by atoms with Crippen molar-refractivity contribution >= 4 is 26.3 Å². The van der Waals surface area contributed by atoms with Gasteiger partial charge >= 0.3 is 0 Å². The van der Waals surface area contributed by atoms with Gasteiger partial charge in [-0.2, -0.15) is 0 Å². The molecule has 0 spiro atoms. The molecular formula is C2H4P2S. The first-order valence-corrected chi connectivity index (χ1v) is 5.76. The van der Waals surface area contributed by atoms with E-state index in [4.69, 9.17) is 0 Å². The highest BCUT2D eigenvalue weighted by Crippen LogP contribution is 2.37. The number of hydrogen-bond donors (Lipinski definition) is 0. The molecule has 0 aromatic heterocycles. The highest BCUT2D eigenvalue weighted by Gasteiger charge is 1.87. The lowest BCUT2D eigenvalue weighted by Crippen LogP contribution is -1.63. The third-order valence-electron chi connectivity index (χ3n) is 0.398. The summed E-state index contributed by atoms with van der Waals surface area (Å²) in [4.78, 5) is 0. The minimum absolute atomic E-state index is 1.39. The molecule has 28 valence electrons. The van der Waals surface area contributed by atoms with Gasteiger partial charge in [-0.05, 0) is 7.07 Å². The van der Waals surface area contributed by atoms with Gasteiger partial charge in [0.05, 0.1) is 0 Å². The molecule has 0 aliphatic carbocycles. The summed E-state index contributed by atoms with van der Waals surface area (Å²) in [6.45, 7) is 0. The van der Waals surface area contributed by atoms with Crippen molar-refractivity contribution in [3.63, 3.8) is 0 Å². The summed E-state index contributed by atoms with van der Waals surface area (Å²) in [7, 11) is 3.21. The van der Waals surface area contributed by atoms with Gasteiger partial charge in [0.2, 0.25) is 0 Å². The van der Waals surface area contributed by atoms with E-state index in [1.54, 1.807) is 14.9 Å². The summed E-state index contributed by atoms with van der Waals surface area (Å²) in [5, 5.41) is 0. The molecule has 0 bridgehead atoms. The first kappa shape index (κ1) is 4.12. The van der Waals surface area contributed by atoms with Gasteiger partial charge in [-0.3, -0.25) is 0 Å². The predicted octanol–water partition coefficient (Wildman–Crippen LogP) is 2.46. The molecular weight excluding hydrogens is 118 g/mol. The van der Waals surface area contributed by atoms with E-state index >= 15 is 0 Å². The van der Waals surface area contributed by atoms with Gasteiger partial charge in [0.25, 0.3) is 0 Å². The fourth-order valence-corrected chi connectivity index (χ4v) is 5.51. The van der Waals surface area contributed by atoms with Crippen LogP contribution in [-0.2, 0) is 0 Å². The van der Waals surface area contributed by atoms with Crippen molar-refractivity contribution in [2.24, 2.45) is 0 Å². The first-order chi connectivity index (χ1) is 2.50. The van der Waals surface area contributed by atoms with Gasteiger partial charge in [0.1, 0.15) is 0 Å². The summed E-state index contributed by atoms with van der Waals surface area (Å²) >= 11 is 2.03. The molecule has 0 unspecified atom stereocenters. The smallest absolute Gasteiger partial charge is 0.0101 e. The zero-order chi connectivity index (χ0) is 3.54. The standard InChI is InChI=1S/C2H4P2S/c1-2-5-4-3-1/h1-2H2. The molecule has 1 aliphatic heterocycles. The summed E-state index contributed by atoms with van der Waals surface area (Å²) in [6, 6.07) is 0. The average molecular weight is 122 g/mol. The molecule has 1 aliphatic rings. The molecule has 0 N–H and O–H groups in total. The Hall–Kier alpha value is 0.950. The molecule has 0 nitrogen and oxygen atoms in total. The number of rotatable bonds is 0. The topological polar surface area (TPSA) is 0 Å². The fourth-order valence-electron chi connectivity index (χ4n) is 0.204. The Morgan fingerprint density at radius 2 is 2.60 bits per heavy atom. The Kier molecular flexibility index (Phi) is 1.80. The minimum Gasteiger partial charge on any atom is -0.0969 e. The van der Waals surface area contributed by atoms with Crippen LogP contribution in [0.25, 0.3) is 0 Å². The number of hydrogen-bond acceptors (Lipinski definition) is 1. The van der Waals surface area contributed by atoms with Gasteiger partial charge in [-0.25, -0.2) is 0 Å². The molecule has 0 radical (unpaired) electrons. The van der Waals surface area contributed by atoms with Crippen LogP contribution >= 0.6 is 26.3 Å². The first-order valence-electron chi connectivity index (χ1n) is 1.49. The van der Waals surface area contributed by atoms with Gasteiger partial charge in [0, 0.05) is 11.9 Å². The zero-order valence-electron chi connectivity index (χ0n) is 2.72. The van der Waals surface area contributed by atoms with Crippen molar-refractivity contribution in [2.45, 2.75) is 0 Å². The van der Waals surface area contributed by atoms with E-state index < -0.39 is 0 Å². The van der Waals surface area contributed by atoms with Crippen LogP contribution in [0.5, 0.6) is 0 Å². The van der Waals surface area contributed by atoms with Gasteiger partial charge < -0.3 is 0 Å². The molecule has 0 amide bonds. The Morgan fingerprint density at radius 1 is 1.60 bits per heavy atom. The molecule has 0 aromatic carbocycles. The van der Waals surface area contributed by atoms with Crippen LogP contribution < -0.4 is 0 Å². The Bertz CT molecular complexity index is 45.6.